The summed E-state index contributed by atoms with van der Waals surface area (Å²) in [7, 11) is 1.66. The smallest absolute Gasteiger partial charge is 0.256 e. The van der Waals surface area contributed by atoms with Crippen molar-refractivity contribution >= 4 is 37.8 Å². The quantitative estimate of drug-likeness (QED) is 0.763. The highest BCUT2D eigenvalue weighted by Gasteiger charge is 2.20. The Morgan fingerprint density at radius 3 is 2.75 bits per heavy atom. The molecule has 0 radical (unpaired) electrons. The van der Waals surface area contributed by atoms with Crippen LogP contribution in [0.2, 0.25) is 0 Å². The highest BCUT2D eigenvalue weighted by Crippen LogP contribution is 2.20. The first kappa shape index (κ1) is 13.6. The van der Waals surface area contributed by atoms with Gasteiger partial charge >= 0.3 is 0 Å². The van der Waals surface area contributed by atoms with E-state index in [4.69, 9.17) is 0 Å². The molecular weight excluding hydrogens is 341 g/mol. The Balaban J connectivity index is 3.01. The van der Waals surface area contributed by atoms with Crippen molar-refractivity contribution in [1.29, 1.82) is 0 Å². The van der Waals surface area contributed by atoms with Crippen LogP contribution in [0.4, 0.5) is 4.39 Å². The lowest BCUT2D eigenvalue weighted by atomic mass is 10.1. The third-order valence-electron chi connectivity index (χ3n) is 2.39. The number of alkyl halides is 1. The minimum absolute atomic E-state index is 0.0193. The summed E-state index contributed by atoms with van der Waals surface area (Å²) < 4.78 is 14.0. The summed E-state index contributed by atoms with van der Waals surface area (Å²) in [5.74, 6) is -0.827. The minimum atomic E-state index is -0.513. The van der Waals surface area contributed by atoms with Crippen molar-refractivity contribution in [3.63, 3.8) is 0 Å². The molecule has 0 spiro atoms. The van der Waals surface area contributed by atoms with Gasteiger partial charge in [0.05, 0.1) is 10.0 Å². The van der Waals surface area contributed by atoms with Crippen molar-refractivity contribution in [1.82, 2.24) is 4.90 Å². The summed E-state index contributed by atoms with van der Waals surface area (Å²) in [6.45, 7) is 1.89. The highest BCUT2D eigenvalue weighted by molar-refractivity contribution is 9.10. The van der Waals surface area contributed by atoms with Crippen molar-refractivity contribution < 1.29 is 9.18 Å². The average Bonchev–Trinajstić information content (AvgIpc) is 2.29. The zero-order valence-corrected chi connectivity index (χ0v) is 12.2. The monoisotopic (exact) mass is 351 g/mol. The minimum Gasteiger partial charge on any atom is -0.338 e. The normalized spacial score (nSPS) is 12.3. The number of hydrogen-bond donors (Lipinski definition) is 0. The second kappa shape index (κ2) is 5.77. The molecule has 5 heteroatoms. The van der Waals surface area contributed by atoms with E-state index in [2.05, 4.69) is 31.9 Å². The van der Waals surface area contributed by atoms with Crippen LogP contribution >= 0.6 is 31.9 Å². The van der Waals surface area contributed by atoms with Gasteiger partial charge in [-0.05, 0) is 35.0 Å². The molecule has 2 nitrogen and oxygen atoms in total. The van der Waals surface area contributed by atoms with E-state index < -0.39 is 5.82 Å². The third-order valence-corrected chi connectivity index (χ3v) is 3.94. The number of hydrogen-bond acceptors (Lipinski definition) is 1. The number of amides is 1. The van der Waals surface area contributed by atoms with Crippen LogP contribution in [0, 0.1) is 5.82 Å². The molecule has 16 heavy (non-hydrogen) atoms. The molecule has 88 valence electrons. The summed E-state index contributed by atoms with van der Waals surface area (Å²) in [6, 6.07) is 4.72. The van der Waals surface area contributed by atoms with E-state index in [1.54, 1.807) is 19.2 Å². The van der Waals surface area contributed by atoms with Crippen LogP contribution in [0.5, 0.6) is 0 Å². The van der Waals surface area contributed by atoms with Gasteiger partial charge in [-0.25, -0.2) is 4.39 Å². The third kappa shape index (κ3) is 2.83. The fourth-order valence-corrected chi connectivity index (χ4v) is 1.96. The number of halogens is 3. The molecule has 1 rings (SSSR count). The molecule has 0 saturated carbocycles. The lowest BCUT2D eigenvalue weighted by Crippen LogP contribution is -2.36. The average molecular weight is 353 g/mol. The van der Waals surface area contributed by atoms with Crippen LogP contribution in [0.15, 0.2) is 22.7 Å². The van der Waals surface area contributed by atoms with E-state index in [0.29, 0.717) is 9.80 Å². The van der Waals surface area contributed by atoms with Crippen molar-refractivity contribution in [2.45, 2.75) is 13.0 Å². The zero-order chi connectivity index (χ0) is 12.3. The molecule has 0 aliphatic heterocycles. The van der Waals surface area contributed by atoms with Gasteiger partial charge in [0, 0.05) is 18.4 Å². The molecule has 0 bridgehead atoms. The summed E-state index contributed by atoms with van der Waals surface area (Å²) in [6.07, 6.45) is 0. The van der Waals surface area contributed by atoms with Crippen LogP contribution in [0.1, 0.15) is 17.3 Å². The first-order valence-corrected chi connectivity index (χ1v) is 6.67. The maximum absolute atomic E-state index is 13.7. The van der Waals surface area contributed by atoms with Crippen LogP contribution < -0.4 is 0 Å². The Bertz CT molecular complexity index is 398. The Morgan fingerprint density at radius 2 is 2.19 bits per heavy atom. The van der Waals surface area contributed by atoms with E-state index in [1.165, 1.54) is 11.0 Å². The Kier molecular flexibility index (Phi) is 4.92. The Labute approximate surface area is 111 Å². The number of carbonyl (C=O) groups is 1. The molecule has 1 atom stereocenters. The van der Waals surface area contributed by atoms with Gasteiger partial charge in [-0.3, -0.25) is 4.79 Å². The predicted octanol–water partition coefficient (Wildman–Crippen LogP) is 3.44. The molecule has 1 unspecified atom stereocenters. The molecule has 0 saturated heterocycles. The molecular formula is C11H12Br2FNO. The molecule has 1 aromatic rings. The first-order chi connectivity index (χ1) is 7.49. The highest BCUT2D eigenvalue weighted by atomic mass is 79.9. The van der Waals surface area contributed by atoms with E-state index in [1.807, 2.05) is 6.92 Å². The van der Waals surface area contributed by atoms with E-state index >= 15 is 0 Å². The molecule has 0 fully saturated rings. The summed E-state index contributed by atoms with van der Waals surface area (Å²) in [4.78, 5) is 13.5. The van der Waals surface area contributed by atoms with Gasteiger partial charge < -0.3 is 4.90 Å². The van der Waals surface area contributed by atoms with E-state index in [0.717, 1.165) is 0 Å². The van der Waals surface area contributed by atoms with Crippen LogP contribution in [-0.2, 0) is 0 Å². The first-order valence-electron chi connectivity index (χ1n) is 4.76. The number of rotatable bonds is 3. The van der Waals surface area contributed by atoms with Crippen molar-refractivity contribution in [2.24, 2.45) is 0 Å². The molecule has 1 aromatic carbocycles. The van der Waals surface area contributed by atoms with Crippen molar-refractivity contribution in [3.05, 3.63) is 34.1 Å². The predicted molar refractivity (Wildman–Crippen MR) is 69.4 cm³/mol. The summed E-state index contributed by atoms with van der Waals surface area (Å²) >= 11 is 6.35. The molecule has 0 aliphatic rings. The van der Waals surface area contributed by atoms with Crippen molar-refractivity contribution in [2.75, 3.05) is 12.4 Å². The Hall–Kier alpha value is -0.420. The maximum atomic E-state index is 13.7. The van der Waals surface area contributed by atoms with Gasteiger partial charge in [0.15, 0.2) is 0 Å². The van der Waals surface area contributed by atoms with Gasteiger partial charge in [0.1, 0.15) is 5.82 Å². The molecule has 0 aliphatic carbocycles. The summed E-state index contributed by atoms with van der Waals surface area (Å²) in [5.41, 5.74) is 0.0877. The molecule has 0 heterocycles. The van der Waals surface area contributed by atoms with Crippen molar-refractivity contribution in [3.8, 4) is 0 Å². The van der Waals surface area contributed by atoms with E-state index in [-0.39, 0.29) is 17.5 Å². The van der Waals surface area contributed by atoms with Gasteiger partial charge in [-0.15, -0.1) is 0 Å². The lowest BCUT2D eigenvalue weighted by Gasteiger charge is -2.23. The lowest BCUT2D eigenvalue weighted by molar-refractivity contribution is 0.0753. The maximum Gasteiger partial charge on any atom is 0.256 e. The van der Waals surface area contributed by atoms with Crippen LogP contribution in [-0.4, -0.2) is 29.2 Å². The summed E-state index contributed by atoms with van der Waals surface area (Å²) in [5, 5.41) is 0.658. The molecule has 0 aromatic heterocycles. The second-order valence-electron chi connectivity index (χ2n) is 3.52. The standard InChI is InChI=1S/C11H12Br2FNO/c1-7(6-12)15(2)11(16)8-4-3-5-9(13)10(8)14/h3-5,7H,6H2,1-2H3. The van der Waals surface area contributed by atoms with E-state index in [9.17, 15) is 9.18 Å². The Morgan fingerprint density at radius 1 is 1.56 bits per heavy atom. The van der Waals surface area contributed by atoms with Gasteiger partial charge in [-0.1, -0.05) is 22.0 Å². The fourth-order valence-electron chi connectivity index (χ4n) is 1.16. The van der Waals surface area contributed by atoms with Gasteiger partial charge in [0.25, 0.3) is 5.91 Å². The zero-order valence-electron chi connectivity index (χ0n) is 9.01. The largest absolute Gasteiger partial charge is 0.338 e. The number of carbonyl (C=O) groups excluding carboxylic acids is 1. The number of benzene rings is 1. The topological polar surface area (TPSA) is 20.3 Å². The molecule has 1 amide bonds. The van der Waals surface area contributed by atoms with Crippen LogP contribution in [0.3, 0.4) is 0 Å². The SMILES string of the molecule is CC(CBr)N(C)C(=O)c1cccc(Br)c1F. The van der Waals surface area contributed by atoms with Crippen LogP contribution in [0.25, 0.3) is 0 Å². The second-order valence-corrected chi connectivity index (χ2v) is 5.02. The fraction of sp³-hybridized carbons (Fsp3) is 0.364. The van der Waals surface area contributed by atoms with Gasteiger partial charge in [0.2, 0.25) is 0 Å². The number of nitrogens with zero attached hydrogens (tertiary/aromatic N) is 1. The molecule has 0 N–H and O–H groups in total. The van der Waals surface area contributed by atoms with Gasteiger partial charge in [-0.2, -0.15) is 0 Å².